The lowest BCUT2D eigenvalue weighted by atomic mass is 10.3. The number of anilines is 1. The third-order valence-corrected chi connectivity index (χ3v) is 4.21. The number of hydrogen-bond acceptors (Lipinski definition) is 5. The lowest BCUT2D eigenvalue weighted by Crippen LogP contribution is -2.35. The molecule has 2 aromatic rings. The second kappa shape index (κ2) is 6.30. The van der Waals surface area contributed by atoms with Crippen LogP contribution in [0.15, 0.2) is 11.7 Å². The van der Waals surface area contributed by atoms with Crippen LogP contribution in [0.1, 0.15) is 26.3 Å². The molecule has 0 saturated carbocycles. The van der Waals surface area contributed by atoms with Crippen LogP contribution in [0.5, 0.6) is 0 Å². The van der Waals surface area contributed by atoms with Crippen LogP contribution in [0.25, 0.3) is 10.2 Å². The summed E-state index contributed by atoms with van der Waals surface area (Å²) in [5.41, 5.74) is 2.32. The second-order valence-corrected chi connectivity index (χ2v) is 5.86. The maximum Gasteiger partial charge on any atom is 0.150 e. The topological polar surface area (TPSA) is 41.0 Å². The molecule has 2 heterocycles. The number of hydrogen-bond donors (Lipinski definition) is 1. The zero-order valence-corrected chi connectivity index (χ0v) is 12.9. The summed E-state index contributed by atoms with van der Waals surface area (Å²) in [6.07, 6.45) is 1.68. The van der Waals surface area contributed by atoms with Crippen molar-refractivity contribution >= 4 is 27.4 Å². The van der Waals surface area contributed by atoms with Gasteiger partial charge in [0.25, 0.3) is 0 Å². The first-order valence-electron chi connectivity index (χ1n) is 6.80. The molecule has 0 amide bonds. The van der Waals surface area contributed by atoms with Gasteiger partial charge in [-0.25, -0.2) is 9.97 Å². The standard InChI is InChI=1S/C14H22N4S/c1-5-18(7-6-15-10(2)3)14-13-12(16-9-17-14)11(4)8-19-13/h8-10,15H,5-7H2,1-4H3. The first kappa shape index (κ1) is 14.2. The van der Waals surface area contributed by atoms with E-state index in [0.29, 0.717) is 6.04 Å². The molecule has 5 heteroatoms. The van der Waals surface area contributed by atoms with Crippen molar-refractivity contribution in [2.75, 3.05) is 24.5 Å². The summed E-state index contributed by atoms with van der Waals surface area (Å²) in [4.78, 5) is 11.2. The lowest BCUT2D eigenvalue weighted by Gasteiger charge is -2.23. The zero-order chi connectivity index (χ0) is 13.8. The molecule has 0 aliphatic rings. The molecule has 0 saturated heterocycles. The van der Waals surface area contributed by atoms with Gasteiger partial charge in [-0.15, -0.1) is 11.3 Å². The number of nitrogens with one attached hydrogen (secondary N) is 1. The Morgan fingerprint density at radius 3 is 2.84 bits per heavy atom. The van der Waals surface area contributed by atoms with E-state index in [1.165, 1.54) is 10.3 Å². The minimum atomic E-state index is 0.521. The van der Waals surface area contributed by atoms with Crippen molar-refractivity contribution in [2.24, 2.45) is 0 Å². The molecule has 104 valence electrons. The SMILES string of the molecule is CCN(CCNC(C)C)c1ncnc2c(C)csc12. The third kappa shape index (κ3) is 3.22. The van der Waals surface area contributed by atoms with Crippen LogP contribution in [-0.4, -0.2) is 35.6 Å². The van der Waals surface area contributed by atoms with Gasteiger partial charge in [0.15, 0.2) is 0 Å². The van der Waals surface area contributed by atoms with E-state index in [2.05, 4.69) is 53.3 Å². The van der Waals surface area contributed by atoms with Gasteiger partial charge < -0.3 is 10.2 Å². The second-order valence-electron chi connectivity index (χ2n) is 4.98. The summed E-state index contributed by atoms with van der Waals surface area (Å²) in [6, 6.07) is 0.521. The first-order valence-corrected chi connectivity index (χ1v) is 7.68. The number of aryl methyl sites for hydroxylation is 1. The lowest BCUT2D eigenvalue weighted by molar-refractivity contribution is 0.582. The Kier molecular flexibility index (Phi) is 4.71. The van der Waals surface area contributed by atoms with Crippen molar-refractivity contribution in [3.63, 3.8) is 0 Å². The molecule has 0 spiro atoms. The van der Waals surface area contributed by atoms with Gasteiger partial charge in [0.1, 0.15) is 12.1 Å². The maximum absolute atomic E-state index is 4.49. The molecule has 0 atom stereocenters. The van der Waals surface area contributed by atoms with Crippen LogP contribution < -0.4 is 10.2 Å². The minimum Gasteiger partial charge on any atom is -0.354 e. The Hall–Kier alpha value is -1.20. The Morgan fingerprint density at radius 2 is 2.16 bits per heavy atom. The molecule has 0 aromatic carbocycles. The molecule has 1 N–H and O–H groups in total. The van der Waals surface area contributed by atoms with Crippen LogP contribution >= 0.6 is 11.3 Å². The average Bonchev–Trinajstić information content (AvgIpc) is 2.77. The summed E-state index contributed by atoms with van der Waals surface area (Å²) < 4.78 is 1.20. The number of fused-ring (bicyclic) bond motifs is 1. The van der Waals surface area contributed by atoms with Crippen molar-refractivity contribution in [1.29, 1.82) is 0 Å². The van der Waals surface area contributed by atoms with Gasteiger partial charge in [-0.05, 0) is 24.8 Å². The molecule has 0 aliphatic heterocycles. The van der Waals surface area contributed by atoms with Crippen LogP contribution in [0.3, 0.4) is 0 Å². The van der Waals surface area contributed by atoms with Crippen molar-refractivity contribution in [2.45, 2.75) is 33.7 Å². The van der Waals surface area contributed by atoms with E-state index in [1.54, 1.807) is 17.7 Å². The Morgan fingerprint density at radius 1 is 1.37 bits per heavy atom. The van der Waals surface area contributed by atoms with Crippen molar-refractivity contribution in [3.05, 3.63) is 17.3 Å². The Labute approximate surface area is 118 Å². The van der Waals surface area contributed by atoms with E-state index in [0.717, 1.165) is 31.0 Å². The van der Waals surface area contributed by atoms with E-state index in [9.17, 15) is 0 Å². The summed E-state index contributed by atoms with van der Waals surface area (Å²) in [5.74, 6) is 1.07. The highest BCUT2D eigenvalue weighted by Crippen LogP contribution is 2.30. The molecule has 19 heavy (non-hydrogen) atoms. The van der Waals surface area contributed by atoms with E-state index in [4.69, 9.17) is 0 Å². The monoisotopic (exact) mass is 278 g/mol. The van der Waals surface area contributed by atoms with Gasteiger partial charge >= 0.3 is 0 Å². The molecular weight excluding hydrogens is 256 g/mol. The number of nitrogens with zero attached hydrogens (tertiary/aromatic N) is 3. The highest BCUT2D eigenvalue weighted by molar-refractivity contribution is 7.18. The third-order valence-electron chi connectivity index (χ3n) is 3.13. The smallest absolute Gasteiger partial charge is 0.150 e. The van der Waals surface area contributed by atoms with Crippen molar-refractivity contribution in [1.82, 2.24) is 15.3 Å². The van der Waals surface area contributed by atoms with Crippen LogP contribution in [0.4, 0.5) is 5.82 Å². The molecule has 2 aromatic heterocycles. The summed E-state index contributed by atoms with van der Waals surface area (Å²) in [7, 11) is 0. The van der Waals surface area contributed by atoms with Gasteiger partial charge in [-0.3, -0.25) is 0 Å². The first-order chi connectivity index (χ1) is 9.13. The molecule has 0 radical (unpaired) electrons. The van der Waals surface area contributed by atoms with Gasteiger partial charge in [0, 0.05) is 25.7 Å². The molecule has 4 nitrogen and oxygen atoms in total. The van der Waals surface area contributed by atoms with Crippen molar-refractivity contribution < 1.29 is 0 Å². The maximum atomic E-state index is 4.49. The number of likely N-dealkylation sites (N-methyl/N-ethyl adjacent to an activating group) is 1. The van der Waals surface area contributed by atoms with Gasteiger partial charge in [-0.2, -0.15) is 0 Å². The van der Waals surface area contributed by atoms with Crippen LogP contribution in [0, 0.1) is 6.92 Å². The van der Waals surface area contributed by atoms with Crippen LogP contribution in [0.2, 0.25) is 0 Å². The molecular formula is C14H22N4S. The number of aromatic nitrogens is 2. The largest absolute Gasteiger partial charge is 0.354 e. The summed E-state index contributed by atoms with van der Waals surface area (Å²) >= 11 is 1.74. The van der Waals surface area contributed by atoms with Gasteiger partial charge in [0.2, 0.25) is 0 Å². The minimum absolute atomic E-state index is 0.521. The predicted molar refractivity (Wildman–Crippen MR) is 83.2 cm³/mol. The van der Waals surface area contributed by atoms with E-state index in [-0.39, 0.29) is 0 Å². The molecule has 0 bridgehead atoms. The van der Waals surface area contributed by atoms with E-state index < -0.39 is 0 Å². The fourth-order valence-electron chi connectivity index (χ4n) is 2.08. The average molecular weight is 278 g/mol. The normalized spacial score (nSPS) is 11.4. The Bertz CT molecular complexity index is 535. The fraction of sp³-hybridized carbons (Fsp3) is 0.571. The van der Waals surface area contributed by atoms with Crippen molar-refractivity contribution in [3.8, 4) is 0 Å². The highest BCUT2D eigenvalue weighted by atomic mass is 32.1. The van der Waals surface area contributed by atoms with Gasteiger partial charge in [0.05, 0.1) is 10.2 Å². The van der Waals surface area contributed by atoms with Gasteiger partial charge in [-0.1, -0.05) is 13.8 Å². The molecule has 0 fully saturated rings. The van der Waals surface area contributed by atoms with E-state index >= 15 is 0 Å². The quantitative estimate of drug-likeness (QED) is 0.882. The Balaban J connectivity index is 2.20. The predicted octanol–water partition coefficient (Wildman–Crippen LogP) is 2.82. The molecule has 0 aliphatic carbocycles. The summed E-state index contributed by atoms with van der Waals surface area (Å²) in [5, 5.41) is 5.61. The number of rotatable bonds is 6. The summed E-state index contributed by atoms with van der Waals surface area (Å²) in [6.45, 7) is 11.5. The molecule has 0 unspecified atom stereocenters. The highest BCUT2D eigenvalue weighted by Gasteiger charge is 2.13. The fourth-order valence-corrected chi connectivity index (χ4v) is 3.10. The number of thiophene rings is 1. The van der Waals surface area contributed by atoms with E-state index in [1.807, 2.05) is 0 Å². The van der Waals surface area contributed by atoms with Crippen LogP contribution in [-0.2, 0) is 0 Å². The zero-order valence-electron chi connectivity index (χ0n) is 12.1. The molecule has 2 rings (SSSR count).